The van der Waals surface area contributed by atoms with E-state index >= 15 is 0 Å². The molecule has 0 fully saturated rings. The summed E-state index contributed by atoms with van der Waals surface area (Å²) >= 11 is 4.82. The Morgan fingerprint density at radius 2 is 2.22 bits per heavy atom. The first kappa shape index (κ1) is 13.5. The molecule has 0 radical (unpaired) electrons. The Hall–Kier alpha value is -0.920. The van der Waals surface area contributed by atoms with Crippen LogP contribution in [-0.4, -0.2) is 19.9 Å². The molecule has 4 nitrogen and oxygen atoms in total. The minimum absolute atomic E-state index is 0.145. The molecular formula is C11H11BrFN3OS. The second kappa shape index (κ2) is 5.81. The molecule has 0 aliphatic heterocycles. The molecule has 18 heavy (non-hydrogen) atoms. The van der Waals surface area contributed by atoms with Gasteiger partial charge in [0, 0.05) is 17.3 Å². The molecule has 7 heteroatoms. The van der Waals surface area contributed by atoms with Crippen molar-refractivity contribution in [1.29, 1.82) is 0 Å². The number of aliphatic hydroxyl groups excluding tert-OH is 1. The predicted molar refractivity (Wildman–Crippen MR) is 70.6 cm³/mol. The lowest BCUT2D eigenvalue weighted by Gasteiger charge is -2.04. The molecule has 0 saturated carbocycles. The van der Waals surface area contributed by atoms with Gasteiger partial charge in [-0.15, -0.1) is 10.2 Å². The van der Waals surface area contributed by atoms with Crippen LogP contribution in [0.4, 0.5) is 4.39 Å². The van der Waals surface area contributed by atoms with Gasteiger partial charge in [-0.3, -0.25) is 0 Å². The van der Waals surface area contributed by atoms with Gasteiger partial charge in [0.2, 0.25) is 0 Å². The van der Waals surface area contributed by atoms with Crippen LogP contribution in [-0.2, 0) is 19.4 Å². The van der Waals surface area contributed by atoms with Gasteiger partial charge in [0.1, 0.15) is 12.4 Å². The fourth-order valence-corrected chi connectivity index (χ4v) is 2.90. The van der Waals surface area contributed by atoms with Gasteiger partial charge < -0.3 is 9.67 Å². The second-order valence-electron chi connectivity index (χ2n) is 3.64. The standard InChI is InChI=1S/C11H11BrFN3OS/c1-16-10(5-17)14-15-11(16)18-6-7-4-8(13)2-3-9(7)12/h2-4,17H,5-6H2,1H3. The molecule has 0 spiro atoms. The Kier molecular flexibility index (Phi) is 4.36. The van der Waals surface area contributed by atoms with Crippen LogP contribution in [0.3, 0.4) is 0 Å². The maximum atomic E-state index is 13.1. The fraction of sp³-hybridized carbons (Fsp3) is 0.273. The van der Waals surface area contributed by atoms with Crippen molar-refractivity contribution in [2.45, 2.75) is 17.5 Å². The van der Waals surface area contributed by atoms with Gasteiger partial charge in [-0.2, -0.15) is 0 Å². The van der Waals surface area contributed by atoms with E-state index in [1.54, 1.807) is 17.7 Å². The van der Waals surface area contributed by atoms with Crippen LogP contribution in [0.2, 0.25) is 0 Å². The molecule has 2 rings (SSSR count). The number of nitrogens with zero attached hydrogens (tertiary/aromatic N) is 3. The summed E-state index contributed by atoms with van der Waals surface area (Å²) < 4.78 is 15.7. The number of aromatic nitrogens is 3. The van der Waals surface area contributed by atoms with E-state index in [-0.39, 0.29) is 12.4 Å². The minimum Gasteiger partial charge on any atom is -0.388 e. The Morgan fingerprint density at radius 1 is 1.44 bits per heavy atom. The number of aliphatic hydroxyl groups is 1. The molecule has 0 saturated heterocycles. The lowest BCUT2D eigenvalue weighted by atomic mass is 10.2. The largest absolute Gasteiger partial charge is 0.388 e. The topological polar surface area (TPSA) is 50.9 Å². The number of rotatable bonds is 4. The number of hydrogen-bond acceptors (Lipinski definition) is 4. The summed E-state index contributed by atoms with van der Waals surface area (Å²) in [6, 6.07) is 4.58. The van der Waals surface area contributed by atoms with Crippen molar-refractivity contribution >= 4 is 27.7 Å². The summed E-state index contributed by atoms with van der Waals surface area (Å²) in [5.41, 5.74) is 0.855. The van der Waals surface area contributed by atoms with Crippen molar-refractivity contribution in [3.05, 3.63) is 39.9 Å². The van der Waals surface area contributed by atoms with Crippen LogP contribution in [0.1, 0.15) is 11.4 Å². The van der Waals surface area contributed by atoms with Crippen molar-refractivity contribution in [2.75, 3.05) is 0 Å². The van der Waals surface area contributed by atoms with E-state index in [1.807, 2.05) is 0 Å². The van der Waals surface area contributed by atoms with Gasteiger partial charge in [-0.25, -0.2) is 4.39 Å². The molecule has 1 aromatic heterocycles. The number of hydrogen-bond donors (Lipinski definition) is 1. The highest BCUT2D eigenvalue weighted by molar-refractivity contribution is 9.10. The highest BCUT2D eigenvalue weighted by atomic mass is 79.9. The summed E-state index contributed by atoms with van der Waals surface area (Å²) in [6.07, 6.45) is 0. The van der Waals surface area contributed by atoms with Gasteiger partial charge >= 0.3 is 0 Å². The molecule has 1 aromatic carbocycles. The number of benzene rings is 1. The van der Waals surface area contributed by atoms with Crippen molar-refractivity contribution in [3.8, 4) is 0 Å². The second-order valence-corrected chi connectivity index (χ2v) is 5.44. The molecule has 1 N–H and O–H groups in total. The van der Waals surface area contributed by atoms with Crippen molar-refractivity contribution in [1.82, 2.24) is 14.8 Å². The smallest absolute Gasteiger partial charge is 0.191 e. The molecule has 0 unspecified atom stereocenters. The Bertz CT molecular complexity index is 561. The van der Waals surface area contributed by atoms with Crippen molar-refractivity contribution in [2.24, 2.45) is 7.05 Å². The summed E-state index contributed by atoms with van der Waals surface area (Å²) in [6.45, 7) is -0.145. The third-order valence-electron chi connectivity index (χ3n) is 2.43. The highest BCUT2D eigenvalue weighted by Gasteiger charge is 2.09. The van der Waals surface area contributed by atoms with Crippen molar-refractivity contribution in [3.63, 3.8) is 0 Å². The van der Waals surface area contributed by atoms with E-state index < -0.39 is 0 Å². The Labute approximate surface area is 116 Å². The summed E-state index contributed by atoms with van der Waals surface area (Å²) in [7, 11) is 1.79. The molecule has 0 atom stereocenters. The zero-order valence-corrected chi connectivity index (χ0v) is 12.0. The maximum Gasteiger partial charge on any atom is 0.191 e. The normalized spacial score (nSPS) is 10.9. The molecule has 96 valence electrons. The summed E-state index contributed by atoms with van der Waals surface area (Å²) in [4.78, 5) is 0. The van der Waals surface area contributed by atoms with Crippen LogP contribution < -0.4 is 0 Å². The first-order valence-electron chi connectivity index (χ1n) is 5.17. The van der Waals surface area contributed by atoms with Crippen LogP contribution in [0.5, 0.6) is 0 Å². The first-order valence-corrected chi connectivity index (χ1v) is 6.95. The van der Waals surface area contributed by atoms with E-state index in [0.29, 0.717) is 16.7 Å². The van der Waals surface area contributed by atoms with E-state index in [1.165, 1.54) is 23.9 Å². The molecule has 0 amide bonds. The Morgan fingerprint density at radius 3 is 2.89 bits per heavy atom. The molecule has 2 aromatic rings. The van der Waals surface area contributed by atoms with Crippen LogP contribution in [0, 0.1) is 5.82 Å². The number of thioether (sulfide) groups is 1. The highest BCUT2D eigenvalue weighted by Crippen LogP contribution is 2.26. The van der Waals surface area contributed by atoms with Crippen LogP contribution in [0.25, 0.3) is 0 Å². The minimum atomic E-state index is -0.261. The van der Waals surface area contributed by atoms with E-state index in [0.717, 1.165) is 10.0 Å². The van der Waals surface area contributed by atoms with Gasteiger partial charge in [-0.05, 0) is 23.8 Å². The third-order valence-corrected chi connectivity index (χ3v) is 4.27. The van der Waals surface area contributed by atoms with Gasteiger partial charge in [-0.1, -0.05) is 27.7 Å². The Balaban J connectivity index is 2.11. The van der Waals surface area contributed by atoms with Gasteiger partial charge in [0.25, 0.3) is 0 Å². The summed E-state index contributed by atoms with van der Waals surface area (Å²) in [5.74, 6) is 0.828. The molecule has 1 heterocycles. The zero-order valence-electron chi connectivity index (χ0n) is 9.60. The lowest BCUT2D eigenvalue weighted by Crippen LogP contribution is -1.98. The number of halogens is 2. The van der Waals surface area contributed by atoms with Crippen LogP contribution in [0.15, 0.2) is 27.8 Å². The first-order chi connectivity index (χ1) is 8.61. The molecule has 0 bridgehead atoms. The van der Waals surface area contributed by atoms with Gasteiger partial charge in [0.15, 0.2) is 11.0 Å². The lowest BCUT2D eigenvalue weighted by molar-refractivity contribution is 0.266. The van der Waals surface area contributed by atoms with E-state index in [4.69, 9.17) is 5.11 Å². The fourth-order valence-electron chi connectivity index (χ4n) is 1.40. The molecular weight excluding hydrogens is 321 g/mol. The van der Waals surface area contributed by atoms with E-state index in [9.17, 15) is 4.39 Å². The quantitative estimate of drug-likeness (QED) is 0.874. The third kappa shape index (κ3) is 2.90. The van der Waals surface area contributed by atoms with E-state index in [2.05, 4.69) is 26.1 Å². The zero-order chi connectivity index (χ0) is 13.1. The predicted octanol–water partition coefficient (Wildman–Crippen LogP) is 2.50. The summed E-state index contributed by atoms with van der Waals surface area (Å²) in [5, 5.41) is 17.5. The molecule has 0 aliphatic rings. The monoisotopic (exact) mass is 331 g/mol. The SMILES string of the molecule is Cn1c(CO)nnc1SCc1cc(F)ccc1Br. The average molecular weight is 332 g/mol. The van der Waals surface area contributed by atoms with Crippen molar-refractivity contribution < 1.29 is 9.50 Å². The molecule has 0 aliphatic carbocycles. The maximum absolute atomic E-state index is 13.1. The van der Waals surface area contributed by atoms with Gasteiger partial charge in [0.05, 0.1) is 0 Å². The van der Waals surface area contributed by atoms with Crippen LogP contribution >= 0.6 is 27.7 Å². The average Bonchev–Trinajstić information content (AvgIpc) is 2.71.